The lowest BCUT2D eigenvalue weighted by Gasteiger charge is -2.21. The Hall–Kier alpha value is -3.27. The van der Waals surface area contributed by atoms with E-state index in [-0.39, 0.29) is 12.3 Å². The van der Waals surface area contributed by atoms with E-state index in [0.29, 0.717) is 18.4 Å². The number of hydrogen-bond acceptors (Lipinski definition) is 3. The van der Waals surface area contributed by atoms with Gasteiger partial charge in [-0.2, -0.15) is 0 Å². The fourth-order valence-electron chi connectivity index (χ4n) is 5.93. The van der Waals surface area contributed by atoms with E-state index in [1.54, 1.807) is 7.11 Å². The topological polar surface area (TPSA) is 55.8 Å². The van der Waals surface area contributed by atoms with Gasteiger partial charge in [0.15, 0.2) is 0 Å². The second-order valence-electron chi connectivity index (χ2n) is 10.7. The normalized spacial score (nSPS) is 17.1. The van der Waals surface area contributed by atoms with E-state index in [0.717, 1.165) is 29.9 Å². The van der Waals surface area contributed by atoms with E-state index in [2.05, 4.69) is 36.4 Å². The fraction of sp³-hybridized carbons (Fsp3) is 0.424. The average molecular weight is 499 g/mol. The Morgan fingerprint density at radius 2 is 1.65 bits per heavy atom. The molecule has 0 aromatic heterocycles. The molecule has 5 rings (SSSR count). The van der Waals surface area contributed by atoms with Gasteiger partial charge >= 0.3 is 5.97 Å². The van der Waals surface area contributed by atoms with Gasteiger partial charge in [0.25, 0.3) is 0 Å². The number of ether oxygens (including phenoxy) is 2. The molecule has 1 N–H and O–H groups in total. The number of carboxylic acid groups (broad SMARTS) is 1. The molecular weight excluding hydrogens is 460 g/mol. The van der Waals surface area contributed by atoms with Crippen LogP contribution in [-0.2, 0) is 11.4 Å². The van der Waals surface area contributed by atoms with Crippen molar-refractivity contribution in [3.63, 3.8) is 0 Å². The Morgan fingerprint density at radius 1 is 0.892 bits per heavy atom. The van der Waals surface area contributed by atoms with Gasteiger partial charge in [-0.25, -0.2) is 0 Å². The van der Waals surface area contributed by atoms with Crippen LogP contribution < -0.4 is 9.47 Å². The molecule has 2 fully saturated rings. The van der Waals surface area contributed by atoms with Crippen LogP contribution in [0.4, 0.5) is 0 Å². The number of carboxylic acids is 1. The summed E-state index contributed by atoms with van der Waals surface area (Å²) in [6, 6.07) is 23.2. The quantitative estimate of drug-likeness (QED) is 0.285. The summed E-state index contributed by atoms with van der Waals surface area (Å²) in [6.45, 7) is 0.495. The molecule has 0 aliphatic heterocycles. The Labute approximate surface area is 220 Å². The van der Waals surface area contributed by atoms with Crippen molar-refractivity contribution in [1.82, 2.24) is 0 Å². The van der Waals surface area contributed by atoms with Crippen LogP contribution in [0.5, 0.6) is 11.5 Å². The molecule has 0 bridgehead atoms. The number of aliphatic carboxylic acids is 1. The summed E-state index contributed by atoms with van der Waals surface area (Å²) in [5.41, 5.74) is 6.15. The van der Waals surface area contributed by atoms with Crippen LogP contribution in [0.25, 0.3) is 11.1 Å². The Bertz CT molecular complexity index is 1200. The summed E-state index contributed by atoms with van der Waals surface area (Å²) >= 11 is 0. The first-order valence-corrected chi connectivity index (χ1v) is 13.8. The van der Waals surface area contributed by atoms with Crippen molar-refractivity contribution in [2.24, 2.45) is 5.92 Å². The molecule has 2 aliphatic rings. The molecule has 0 saturated heterocycles. The van der Waals surface area contributed by atoms with E-state index in [9.17, 15) is 9.90 Å². The third-order valence-electron chi connectivity index (χ3n) is 8.07. The third kappa shape index (κ3) is 6.54. The predicted molar refractivity (Wildman–Crippen MR) is 147 cm³/mol. The van der Waals surface area contributed by atoms with E-state index in [1.165, 1.54) is 60.8 Å². The summed E-state index contributed by atoms with van der Waals surface area (Å²) in [5.74, 6) is 2.07. The average Bonchev–Trinajstić information content (AvgIpc) is 3.78. The highest BCUT2D eigenvalue weighted by Crippen LogP contribution is 2.45. The minimum Gasteiger partial charge on any atom is -0.497 e. The van der Waals surface area contributed by atoms with Crippen LogP contribution in [0.3, 0.4) is 0 Å². The summed E-state index contributed by atoms with van der Waals surface area (Å²) in [4.78, 5) is 11.4. The molecule has 3 aromatic carbocycles. The van der Waals surface area contributed by atoms with Crippen molar-refractivity contribution in [3.8, 4) is 22.6 Å². The molecule has 3 aromatic rings. The van der Waals surface area contributed by atoms with E-state index in [4.69, 9.17) is 9.47 Å². The summed E-state index contributed by atoms with van der Waals surface area (Å²) < 4.78 is 11.8. The van der Waals surface area contributed by atoms with Crippen LogP contribution in [-0.4, -0.2) is 18.2 Å². The summed E-state index contributed by atoms with van der Waals surface area (Å²) in [7, 11) is 1.72. The molecule has 0 unspecified atom stereocenters. The van der Waals surface area contributed by atoms with Crippen LogP contribution in [0.15, 0.2) is 66.7 Å². The van der Waals surface area contributed by atoms with Gasteiger partial charge < -0.3 is 14.6 Å². The van der Waals surface area contributed by atoms with Crippen molar-refractivity contribution in [1.29, 1.82) is 0 Å². The SMILES string of the molecule is COc1cccc(-c2ccc(COc3cccc([C@@H](CC(=O)O)C4CC4)c3)cc2C2CCCCCC2)c1. The maximum atomic E-state index is 11.4. The van der Waals surface area contributed by atoms with E-state index >= 15 is 0 Å². The van der Waals surface area contributed by atoms with Gasteiger partial charge in [-0.15, -0.1) is 0 Å². The zero-order valence-corrected chi connectivity index (χ0v) is 21.8. The molecule has 0 spiro atoms. The summed E-state index contributed by atoms with van der Waals surface area (Å²) in [6.07, 6.45) is 10.1. The number of methoxy groups -OCH3 is 1. The molecule has 194 valence electrons. The van der Waals surface area contributed by atoms with Gasteiger partial charge in [-0.1, -0.05) is 68.1 Å². The van der Waals surface area contributed by atoms with E-state index < -0.39 is 5.97 Å². The maximum absolute atomic E-state index is 11.4. The first kappa shape index (κ1) is 25.4. The zero-order valence-electron chi connectivity index (χ0n) is 21.8. The molecule has 4 nitrogen and oxygen atoms in total. The largest absolute Gasteiger partial charge is 0.497 e. The minimum atomic E-state index is -0.731. The number of rotatable bonds is 10. The zero-order chi connectivity index (χ0) is 25.6. The van der Waals surface area contributed by atoms with Crippen molar-refractivity contribution in [2.45, 2.75) is 76.2 Å². The molecule has 0 radical (unpaired) electrons. The van der Waals surface area contributed by atoms with Crippen LogP contribution in [0.2, 0.25) is 0 Å². The predicted octanol–water partition coefficient (Wildman–Crippen LogP) is 8.35. The smallest absolute Gasteiger partial charge is 0.303 e. The van der Waals surface area contributed by atoms with Crippen molar-refractivity contribution < 1.29 is 19.4 Å². The fourth-order valence-corrected chi connectivity index (χ4v) is 5.93. The molecule has 2 aliphatic carbocycles. The third-order valence-corrected chi connectivity index (χ3v) is 8.07. The number of carbonyl (C=O) groups is 1. The lowest BCUT2D eigenvalue weighted by Crippen LogP contribution is -2.08. The lowest BCUT2D eigenvalue weighted by atomic mass is 9.85. The Balaban J connectivity index is 1.38. The molecule has 0 heterocycles. The first-order chi connectivity index (χ1) is 18.1. The minimum absolute atomic E-state index is 0.0741. The van der Waals surface area contributed by atoms with E-state index in [1.807, 2.05) is 30.3 Å². The second kappa shape index (κ2) is 11.9. The highest BCUT2D eigenvalue weighted by Gasteiger charge is 2.33. The van der Waals surface area contributed by atoms with Gasteiger partial charge in [0.05, 0.1) is 13.5 Å². The number of benzene rings is 3. The Kier molecular flexibility index (Phi) is 8.13. The van der Waals surface area contributed by atoms with Crippen LogP contribution in [0.1, 0.15) is 86.3 Å². The second-order valence-corrected chi connectivity index (χ2v) is 10.7. The molecule has 37 heavy (non-hydrogen) atoms. The standard InChI is InChI=1S/C33H38O4/c1-36-28-12-6-10-26(19-28)30-17-14-23(18-32(30)24-8-4-2-3-5-9-24)22-37-29-13-7-11-27(20-29)31(21-33(34)35)25-15-16-25/h6-7,10-14,17-20,24-25,31H,2-5,8-9,15-16,21-22H2,1H3,(H,34,35)/t31-/m0/s1. The van der Waals surface area contributed by atoms with Gasteiger partial charge in [-0.05, 0) is 95.5 Å². The lowest BCUT2D eigenvalue weighted by molar-refractivity contribution is -0.137. The molecule has 2 saturated carbocycles. The molecule has 1 atom stereocenters. The van der Waals surface area contributed by atoms with Crippen molar-refractivity contribution >= 4 is 5.97 Å². The number of hydrogen-bond donors (Lipinski definition) is 1. The highest BCUT2D eigenvalue weighted by molar-refractivity contribution is 5.70. The molecule has 0 amide bonds. The van der Waals surface area contributed by atoms with Gasteiger partial charge in [0.2, 0.25) is 0 Å². The molecular formula is C33H38O4. The van der Waals surface area contributed by atoms with Crippen molar-refractivity contribution in [2.75, 3.05) is 7.11 Å². The monoisotopic (exact) mass is 498 g/mol. The van der Waals surface area contributed by atoms with Crippen molar-refractivity contribution in [3.05, 3.63) is 83.4 Å². The highest BCUT2D eigenvalue weighted by atomic mass is 16.5. The maximum Gasteiger partial charge on any atom is 0.303 e. The first-order valence-electron chi connectivity index (χ1n) is 13.8. The van der Waals surface area contributed by atoms with Gasteiger partial charge in [-0.3, -0.25) is 4.79 Å². The van der Waals surface area contributed by atoms with Gasteiger partial charge in [0, 0.05) is 0 Å². The van der Waals surface area contributed by atoms with Crippen LogP contribution in [0, 0.1) is 5.92 Å². The van der Waals surface area contributed by atoms with Gasteiger partial charge in [0.1, 0.15) is 18.1 Å². The Morgan fingerprint density at radius 3 is 2.38 bits per heavy atom. The van der Waals surface area contributed by atoms with Crippen LogP contribution >= 0.6 is 0 Å². The molecule has 4 heteroatoms. The summed E-state index contributed by atoms with van der Waals surface area (Å²) in [5, 5.41) is 9.39.